The van der Waals surface area contributed by atoms with Gasteiger partial charge in [0.05, 0.1) is 18.6 Å². The van der Waals surface area contributed by atoms with Crippen molar-refractivity contribution in [3.8, 4) is 0 Å². The van der Waals surface area contributed by atoms with Gasteiger partial charge < -0.3 is 15.0 Å². The molecular weight excluding hydrogens is 230 g/mol. The molecule has 1 aromatic heterocycles. The van der Waals surface area contributed by atoms with E-state index in [1.54, 1.807) is 0 Å². The molecule has 0 aliphatic heterocycles. The van der Waals surface area contributed by atoms with E-state index in [1.165, 1.54) is 12.8 Å². The fourth-order valence-corrected chi connectivity index (χ4v) is 2.48. The topological polar surface area (TPSA) is 74.2 Å². The first-order chi connectivity index (χ1) is 8.76. The van der Waals surface area contributed by atoms with Crippen LogP contribution in [0.25, 0.3) is 0 Å². The Kier molecular flexibility index (Phi) is 3.35. The van der Waals surface area contributed by atoms with E-state index in [1.807, 2.05) is 0 Å². The molecule has 1 aromatic rings. The molecule has 2 N–H and O–H groups in total. The minimum Gasteiger partial charge on any atom is -0.381 e. The quantitative estimate of drug-likeness (QED) is 0.780. The highest BCUT2D eigenvalue weighted by atomic mass is 16.5. The zero-order valence-corrected chi connectivity index (χ0v) is 10.7. The summed E-state index contributed by atoms with van der Waals surface area (Å²) in [4.78, 5) is 4.41. The largest absolute Gasteiger partial charge is 0.381 e. The second-order valence-electron chi connectivity index (χ2n) is 5.64. The van der Waals surface area contributed by atoms with Gasteiger partial charge in [0.15, 0.2) is 5.82 Å². The van der Waals surface area contributed by atoms with Gasteiger partial charge >= 0.3 is 0 Å². The van der Waals surface area contributed by atoms with E-state index in [0.29, 0.717) is 24.7 Å². The molecule has 2 fully saturated rings. The summed E-state index contributed by atoms with van der Waals surface area (Å²) >= 11 is 0. The molecule has 5 heteroatoms. The molecule has 0 radical (unpaired) electrons. The van der Waals surface area contributed by atoms with Crippen molar-refractivity contribution in [1.82, 2.24) is 10.1 Å². The Morgan fingerprint density at radius 3 is 2.83 bits per heavy atom. The van der Waals surface area contributed by atoms with E-state index in [-0.39, 0.29) is 5.54 Å². The third-order valence-corrected chi connectivity index (χ3v) is 3.92. The Bertz CT molecular complexity index is 395. The fourth-order valence-electron chi connectivity index (χ4n) is 2.48. The Labute approximate surface area is 107 Å². The van der Waals surface area contributed by atoms with E-state index < -0.39 is 0 Å². The lowest BCUT2D eigenvalue weighted by Gasteiger charge is -2.17. The van der Waals surface area contributed by atoms with Crippen LogP contribution in [0.15, 0.2) is 4.52 Å². The first kappa shape index (κ1) is 12.1. The van der Waals surface area contributed by atoms with Crippen LogP contribution >= 0.6 is 0 Å². The maximum atomic E-state index is 6.28. The number of nitrogens with zero attached hydrogens (tertiary/aromatic N) is 2. The van der Waals surface area contributed by atoms with Gasteiger partial charge in [0.25, 0.3) is 0 Å². The molecule has 2 saturated carbocycles. The van der Waals surface area contributed by atoms with Crippen LogP contribution in [0.1, 0.15) is 50.2 Å². The maximum absolute atomic E-state index is 6.28. The standard InChI is InChI=1S/C13H21N3O2/c14-13(6-1-2-7-13)12-15-11(18-16-12)5-8-17-9-10-3-4-10/h10H,1-9,14H2. The number of aromatic nitrogens is 2. The zero-order chi connectivity index (χ0) is 12.4. The van der Waals surface area contributed by atoms with Gasteiger partial charge in [-0.05, 0) is 31.6 Å². The predicted molar refractivity (Wildman–Crippen MR) is 65.9 cm³/mol. The van der Waals surface area contributed by atoms with Crippen molar-refractivity contribution >= 4 is 0 Å². The number of hydrogen-bond acceptors (Lipinski definition) is 5. The predicted octanol–water partition coefficient (Wildman–Crippen LogP) is 1.77. The molecule has 0 saturated heterocycles. The summed E-state index contributed by atoms with van der Waals surface area (Å²) in [6, 6.07) is 0. The van der Waals surface area contributed by atoms with Gasteiger partial charge in [-0.1, -0.05) is 18.0 Å². The lowest BCUT2D eigenvalue weighted by atomic mass is 9.99. The number of ether oxygens (including phenoxy) is 1. The van der Waals surface area contributed by atoms with Crippen molar-refractivity contribution in [2.24, 2.45) is 11.7 Å². The van der Waals surface area contributed by atoms with Gasteiger partial charge in [-0.2, -0.15) is 4.98 Å². The Hall–Kier alpha value is -0.940. The monoisotopic (exact) mass is 251 g/mol. The van der Waals surface area contributed by atoms with Crippen molar-refractivity contribution in [3.63, 3.8) is 0 Å². The number of hydrogen-bond donors (Lipinski definition) is 1. The summed E-state index contributed by atoms with van der Waals surface area (Å²) in [6.45, 7) is 1.54. The second-order valence-corrected chi connectivity index (χ2v) is 5.64. The third-order valence-electron chi connectivity index (χ3n) is 3.92. The smallest absolute Gasteiger partial charge is 0.229 e. The van der Waals surface area contributed by atoms with Gasteiger partial charge in [-0.3, -0.25) is 0 Å². The minimum absolute atomic E-state index is 0.351. The first-order valence-corrected chi connectivity index (χ1v) is 6.96. The Balaban J connectivity index is 1.49. The summed E-state index contributed by atoms with van der Waals surface area (Å²) in [5.74, 6) is 2.13. The molecule has 0 spiro atoms. The first-order valence-electron chi connectivity index (χ1n) is 6.96. The van der Waals surface area contributed by atoms with E-state index >= 15 is 0 Å². The summed E-state index contributed by atoms with van der Waals surface area (Å²) in [7, 11) is 0. The van der Waals surface area contributed by atoms with Gasteiger partial charge in [-0.25, -0.2) is 0 Å². The summed E-state index contributed by atoms with van der Waals surface area (Å²) in [5.41, 5.74) is 5.93. The molecule has 2 aliphatic carbocycles. The van der Waals surface area contributed by atoms with Crippen molar-refractivity contribution in [2.75, 3.05) is 13.2 Å². The minimum atomic E-state index is -0.351. The van der Waals surface area contributed by atoms with Gasteiger partial charge in [0.1, 0.15) is 0 Å². The Morgan fingerprint density at radius 1 is 1.33 bits per heavy atom. The van der Waals surface area contributed by atoms with Crippen LogP contribution in [0, 0.1) is 5.92 Å². The maximum Gasteiger partial charge on any atom is 0.229 e. The molecule has 0 amide bonds. The zero-order valence-electron chi connectivity index (χ0n) is 10.7. The van der Waals surface area contributed by atoms with Crippen molar-refractivity contribution < 1.29 is 9.26 Å². The van der Waals surface area contributed by atoms with Crippen molar-refractivity contribution in [2.45, 2.75) is 50.5 Å². The van der Waals surface area contributed by atoms with E-state index in [2.05, 4.69) is 10.1 Å². The summed E-state index contributed by atoms with van der Waals surface area (Å²) < 4.78 is 10.8. The second kappa shape index (κ2) is 4.97. The van der Waals surface area contributed by atoms with Crippen LogP contribution in [0.3, 0.4) is 0 Å². The molecular formula is C13H21N3O2. The lowest BCUT2D eigenvalue weighted by Crippen LogP contribution is -2.34. The molecule has 0 atom stereocenters. The summed E-state index contributed by atoms with van der Waals surface area (Å²) in [5, 5.41) is 4.03. The molecule has 3 rings (SSSR count). The van der Waals surface area contributed by atoms with E-state index in [0.717, 1.165) is 38.2 Å². The van der Waals surface area contributed by atoms with E-state index in [4.69, 9.17) is 15.0 Å². The average Bonchev–Trinajstić information content (AvgIpc) is 2.88. The fraction of sp³-hybridized carbons (Fsp3) is 0.846. The van der Waals surface area contributed by atoms with Gasteiger partial charge in [-0.15, -0.1) is 0 Å². The molecule has 0 aromatic carbocycles. The summed E-state index contributed by atoms with van der Waals surface area (Å²) in [6.07, 6.45) is 7.57. The van der Waals surface area contributed by atoms with Crippen LogP contribution in [0.4, 0.5) is 0 Å². The SMILES string of the molecule is NC1(c2noc(CCOCC3CC3)n2)CCCC1. The number of nitrogens with two attached hydrogens (primary N) is 1. The average molecular weight is 251 g/mol. The molecule has 5 nitrogen and oxygen atoms in total. The highest BCUT2D eigenvalue weighted by molar-refractivity contribution is 5.06. The Morgan fingerprint density at radius 2 is 2.11 bits per heavy atom. The highest BCUT2D eigenvalue weighted by Gasteiger charge is 2.35. The highest BCUT2D eigenvalue weighted by Crippen LogP contribution is 2.34. The van der Waals surface area contributed by atoms with Crippen molar-refractivity contribution in [1.29, 1.82) is 0 Å². The molecule has 100 valence electrons. The van der Waals surface area contributed by atoms with E-state index in [9.17, 15) is 0 Å². The molecule has 0 bridgehead atoms. The van der Waals surface area contributed by atoms with Crippen LogP contribution < -0.4 is 5.73 Å². The number of rotatable bonds is 6. The third kappa shape index (κ3) is 2.72. The van der Waals surface area contributed by atoms with Crippen LogP contribution in [-0.2, 0) is 16.7 Å². The van der Waals surface area contributed by atoms with Crippen LogP contribution in [-0.4, -0.2) is 23.4 Å². The molecule has 0 unspecified atom stereocenters. The van der Waals surface area contributed by atoms with Gasteiger partial charge in [0.2, 0.25) is 5.89 Å². The van der Waals surface area contributed by atoms with Gasteiger partial charge in [0, 0.05) is 6.61 Å². The normalized spacial score (nSPS) is 22.5. The molecule has 18 heavy (non-hydrogen) atoms. The molecule has 2 aliphatic rings. The molecule has 1 heterocycles. The van der Waals surface area contributed by atoms with Crippen LogP contribution in [0.2, 0.25) is 0 Å². The van der Waals surface area contributed by atoms with Crippen molar-refractivity contribution in [3.05, 3.63) is 11.7 Å². The van der Waals surface area contributed by atoms with Crippen LogP contribution in [0.5, 0.6) is 0 Å². The lowest BCUT2D eigenvalue weighted by molar-refractivity contribution is 0.122.